The highest BCUT2D eigenvalue weighted by Crippen LogP contribution is 2.43. The van der Waals surface area contributed by atoms with Crippen LogP contribution in [0.25, 0.3) is 0 Å². The van der Waals surface area contributed by atoms with Crippen molar-refractivity contribution in [3.05, 3.63) is 119 Å². The summed E-state index contributed by atoms with van der Waals surface area (Å²) in [5.41, 5.74) is 4.51. The lowest BCUT2D eigenvalue weighted by atomic mass is 10.1. The second-order valence-corrected chi connectivity index (χ2v) is 9.39. The van der Waals surface area contributed by atoms with Crippen LogP contribution in [-0.2, 0) is 0 Å². The van der Waals surface area contributed by atoms with Crippen LogP contribution in [0.1, 0.15) is 29.5 Å². The maximum absolute atomic E-state index is 5.16. The van der Waals surface area contributed by atoms with Crippen LogP contribution in [0.2, 0.25) is 0 Å². The summed E-state index contributed by atoms with van der Waals surface area (Å²) < 4.78 is 0. The first-order valence-corrected chi connectivity index (χ1v) is 11.8. The van der Waals surface area contributed by atoms with Gasteiger partial charge in [-0.3, -0.25) is 0 Å². The molecule has 0 amide bonds. The Bertz CT molecular complexity index is 1060. The number of nitrogens with zero attached hydrogens (tertiary/aromatic N) is 1. The van der Waals surface area contributed by atoms with E-state index in [2.05, 4.69) is 110 Å². The number of aryl methyl sites for hydroxylation is 2. The number of amidine groups is 1. The fraction of sp³-hybridized carbons (Fsp3) is 0.148. The highest BCUT2D eigenvalue weighted by atomic mass is 31.1. The number of para-hydroxylation sites is 1. The third-order valence-corrected chi connectivity index (χ3v) is 7.27. The van der Waals surface area contributed by atoms with Gasteiger partial charge in [0.1, 0.15) is 5.84 Å². The molecule has 3 aromatic rings. The van der Waals surface area contributed by atoms with E-state index in [9.17, 15) is 0 Å². The van der Waals surface area contributed by atoms with Gasteiger partial charge >= 0.3 is 0 Å². The van der Waals surface area contributed by atoms with Gasteiger partial charge in [-0.2, -0.15) is 0 Å². The summed E-state index contributed by atoms with van der Waals surface area (Å²) >= 11 is 0. The third-order valence-electron chi connectivity index (χ3n) is 5.18. The minimum Gasteiger partial charge on any atom is -0.341 e. The minimum absolute atomic E-state index is 0.759. The van der Waals surface area contributed by atoms with Crippen LogP contribution < -0.4 is 10.4 Å². The normalized spacial score (nSPS) is 14.9. The van der Waals surface area contributed by atoms with E-state index in [0.29, 0.717) is 0 Å². The first-order valence-electron chi connectivity index (χ1n) is 10.4. The van der Waals surface area contributed by atoms with Crippen molar-refractivity contribution in [2.45, 2.75) is 26.7 Å². The van der Waals surface area contributed by atoms with Crippen LogP contribution in [0.5, 0.6) is 0 Å². The van der Waals surface area contributed by atoms with E-state index in [0.717, 1.165) is 29.9 Å². The van der Waals surface area contributed by atoms with E-state index in [-0.39, 0.29) is 0 Å². The van der Waals surface area contributed by atoms with Crippen LogP contribution >= 0.6 is 8.07 Å². The molecule has 150 valence electrons. The molecule has 1 atom stereocenters. The Hall–Kier alpha value is -2.96. The minimum atomic E-state index is -0.759. The predicted molar refractivity (Wildman–Crippen MR) is 131 cm³/mol. The van der Waals surface area contributed by atoms with Crippen LogP contribution in [0.3, 0.4) is 0 Å². The van der Waals surface area contributed by atoms with E-state index in [1.807, 2.05) is 6.07 Å². The summed E-state index contributed by atoms with van der Waals surface area (Å²) in [5.74, 6) is 0.919. The van der Waals surface area contributed by atoms with Crippen LogP contribution in [-0.4, -0.2) is 5.84 Å². The zero-order valence-corrected chi connectivity index (χ0v) is 18.4. The Morgan fingerprint density at radius 3 is 2.10 bits per heavy atom. The molecule has 2 nitrogen and oxygen atoms in total. The zero-order valence-electron chi connectivity index (χ0n) is 17.5. The van der Waals surface area contributed by atoms with Gasteiger partial charge < -0.3 is 5.09 Å². The van der Waals surface area contributed by atoms with E-state index in [1.165, 1.54) is 21.7 Å². The van der Waals surface area contributed by atoms with Gasteiger partial charge in [0.05, 0.1) is 13.8 Å². The molecule has 1 unspecified atom stereocenters. The van der Waals surface area contributed by atoms with Gasteiger partial charge in [0.2, 0.25) is 0 Å². The summed E-state index contributed by atoms with van der Waals surface area (Å²) in [5, 5.41) is 6.51. The highest BCUT2D eigenvalue weighted by Gasteiger charge is 2.19. The molecule has 0 saturated heterocycles. The number of allylic oxidation sites excluding steroid dienone is 4. The van der Waals surface area contributed by atoms with Gasteiger partial charge in [-0.15, -0.1) is 0 Å². The Labute approximate surface area is 180 Å². The van der Waals surface area contributed by atoms with Crippen molar-refractivity contribution >= 4 is 24.9 Å². The van der Waals surface area contributed by atoms with Gasteiger partial charge in [-0.25, -0.2) is 4.99 Å². The van der Waals surface area contributed by atoms with Gasteiger partial charge in [-0.05, 0) is 43.1 Å². The molecule has 3 aromatic carbocycles. The average molecular weight is 411 g/mol. The van der Waals surface area contributed by atoms with Gasteiger partial charge in [0, 0.05) is 10.9 Å². The Morgan fingerprint density at radius 1 is 0.800 bits per heavy atom. The monoisotopic (exact) mass is 410 g/mol. The topological polar surface area (TPSA) is 24.4 Å². The lowest BCUT2D eigenvalue weighted by Crippen LogP contribution is -2.24. The fourth-order valence-electron chi connectivity index (χ4n) is 3.57. The molecule has 0 aromatic heterocycles. The van der Waals surface area contributed by atoms with Gasteiger partial charge in [-0.1, -0.05) is 97.1 Å². The molecule has 1 N–H and O–H groups in total. The van der Waals surface area contributed by atoms with E-state index < -0.39 is 8.07 Å². The van der Waals surface area contributed by atoms with Crippen molar-refractivity contribution in [2.24, 2.45) is 4.99 Å². The molecule has 0 radical (unpaired) electrons. The molecule has 0 fully saturated rings. The Morgan fingerprint density at radius 2 is 1.47 bits per heavy atom. The summed E-state index contributed by atoms with van der Waals surface area (Å²) in [7, 11) is -0.759. The van der Waals surface area contributed by atoms with Crippen molar-refractivity contribution in [1.82, 2.24) is 5.09 Å². The molecule has 0 spiro atoms. The summed E-state index contributed by atoms with van der Waals surface area (Å²) in [6, 6.07) is 27.5. The Balaban J connectivity index is 1.81. The van der Waals surface area contributed by atoms with Crippen molar-refractivity contribution in [3.8, 4) is 0 Å². The quantitative estimate of drug-likeness (QED) is 0.275. The number of hydrogen-bond acceptors (Lipinski definition) is 1. The number of aliphatic imine (C=N–C) groups is 1. The van der Waals surface area contributed by atoms with E-state index in [1.54, 1.807) is 0 Å². The molecule has 1 aliphatic rings. The molecule has 1 aliphatic carbocycles. The van der Waals surface area contributed by atoms with Crippen molar-refractivity contribution in [3.63, 3.8) is 0 Å². The third kappa shape index (κ3) is 4.78. The van der Waals surface area contributed by atoms with E-state index in [4.69, 9.17) is 4.99 Å². The second kappa shape index (κ2) is 9.69. The van der Waals surface area contributed by atoms with Crippen molar-refractivity contribution in [2.75, 3.05) is 0 Å². The second-order valence-electron chi connectivity index (χ2n) is 7.46. The van der Waals surface area contributed by atoms with Crippen LogP contribution in [0.15, 0.2) is 107 Å². The first kappa shape index (κ1) is 20.3. The van der Waals surface area contributed by atoms with Crippen LogP contribution in [0, 0.1) is 13.8 Å². The molecule has 3 heteroatoms. The molecule has 4 rings (SSSR count). The number of rotatable bonds is 5. The van der Waals surface area contributed by atoms with E-state index >= 15 is 0 Å². The maximum Gasteiger partial charge on any atom is 0.137 e. The first-order chi connectivity index (χ1) is 14.7. The highest BCUT2D eigenvalue weighted by molar-refractivity contribution is 7.68. The molecule has 30 heavy (non-hydrogen) atoms. The molecule has 0 bridgehead atoms. The molecule has 0 aliphatic heterocycles. The maximum atomic E-state index is 5.16. The molecule has 0 saturated carbocycles. The summed E-state index contributed by atoms with van der Waals surface area (Å²) in [6.07, 6.45) is 9.13. The number of hydrogen-bond donors (Lipinski definition) is 1. The standard InChI is InChI=1S/C27H27N2P/c1-21-13-12-14-22(2)26(21)28-27(23-15-6-3-7-16-23)29-30(24-17-8-4-9-18-24)25-19-10-5-11-20-25/h3-4,6-10,12-20H,5,11H2,1-2H3,(H,28,29). The van der Waals surface area contributed by atoms with Crippen molar-refractivity contribution in [1.29, 1.82) is 0 Å². The molecular weight excluding hydrogens is 383 g/mol. The fourth-order valence-corrected chi connectivity index (χ4v) is 5.55. The number of benzene rings is 3. The lowest BCUT2D eigenvalue weighted by Gasteiger charge is -2.24. The molecule has 0 heterocycles. The van der Waals surface area contributed by atoms with Crippen LogP contribution in [0.4, 0.5) is 5.69 Å². The predicted octanol–water partition coefficient (Wildman–Crippen LogP) is 6.93. The average Bonchev–Trinajstić information content (AvgIpc) is 2.80. The molecular formula is C27H27N2P. The summed E-state index contributed by atoms with van der Waals surface area (Å²) in [4.78, 5) is 5.16. The van der Waals surface area contributed by atoms with Gasteiger partial charge in [0.15, 0.2) is 0 Å². The SMILES string of the molecule is Cc1cccc(C)c1N=C(NP(C1=CCCC=C1)c1ccccc1)c1ccccc1. The number of nitrogens with one attached hydrogen (secondary N) is 1. The summed E-state index contributed by atoms with van der Waals surface area (Å²) in [6.45, 7) is 4.25. The smallest absolute Gasteiger partial charge is 0.137 e. The van der Waals surface area contributed by atoms with Gasteiger partial charge in [0.25, 0.3) is 0 Å². The lowest BCUT2D eigenvalue weighted by molar-refractivity contribution is 1.03. The largest absolute Gasteiger partial charge is 0.341 e. The Kier molecular flexibility index (Phi) is 6.57. The zero-order chi connectivity index (χ0) is 20.8. The van der Waals surface area contributed by atoms with Crippen molar-refractivity contribution < 1.29 is 0 Å².